The van der Waals surface area contributed by atoms with Crippen molar-refractivity contribution in [2.45, 2.75) is 30.1 Å². The van der Waals surface area contributed by atoms with Crippen molar-refractivity contribution in [2.24, 2.45) is 0 Å². The maximum atomic E-state index is 13.5. The Morgan fingerprint density at radius 3 is 1.73 bits per heavy atom. The highest BCUT2D eigenvalue weighted by Crippen LogP contribution is 2.38. The molecule has 0 saturated carbocycles. The Balaban J connectivity index is 1.87. The Morgan fingerprint density at radius 2 is 1.20 bits per heavy atom. The van der Waals surface area contributed by atoms with Gasteiger partial charge < -0.3 is 10.2 Å². The lowest BCUT2D eigenvalue weighted by Crippen LogP contribution is -2.36. The van der Waals surface area contributed by atoms with Gasteiger partial charge in [0, 0.05) is 19.0 Å². The van der Waals surface area contributed by atoms with E-state index in [1.54, 1.807) is 65.0 Å². The van der Waals surface area contributed by atoms with Crippen LogP contribution in [-0.4, -0.2) is 36.0 Å². The largest absolute Gasteiger partial charge is 0.508 e. The fourth-order valence-corrected chi connectivity index (χ4v) is 5.83. The summed E-state index contributed by atoms with van der Waals surface area (Å²) in [6, 6.07) is 20.7. The van der Waals surface area contributed by atoms with E-state index in [9.17, 15) is 18.6 Å². The molecule has 6 heteroatoms. The first-order chi connectivity index (χ1) is 14.5. The van der Waals surface area contributed by atoms with Crippen LogP contribution in [0.2, 0.25) is 0 Å². The van der Waals surface area contributed by atoms with Crippen molar-refractivity contribution in [3.05, 3.63) is 89.5 Å². The number of hydrogen-bond acceptors (Lipinski definition) is 4. The van der Waals surface area contributed by atoms with Gasteiger partial charge in [-0.2, -0.15) is 4.31 Å². The molecular weight excluding hydrogens is 398 g/mol. The lowest BCUT2D eigenvalue weighted by Gasteiger charge is -2.28. The monoisotopic (exact) mass is 423 g/mol. The maximum absolute atomic E-state index is 13.5. The van der Waals surface area contributed by atoms with E-state index >= 15 is 0 Å². The van der Waals surface area contributed by atoms with E-state index in [2.05, 4.69) is 0 Å². The molecule has 0 aromatic heterocycles. The number of nitrogens with zero attached hydrogens (tertiary/aromatic N) is 1. The Bertz CT molecular complexity index is 1060. The molecule has 5 nitrogen and oxygen atoms in total. The first-order valence-electron chi connectivity index (χ1n) is 10.1. The van der Waals surface area contributed by atoms with E-state index in [4.69, 9.17) is 0 Å². The summed E-state index contributed by atoms with van der Waals surface area (Å²) in [4.78, 5) is 0.304. The van der Waals surface area contributed by atoms with Gasteiger partial charge in [-0.25, -0.2) is 8.42 Å². The van der Waals surface area contributed by atoms with E-state index < -0.39 is 10.0 Å². The lowest BCUT2D eigenvalue weighted by molar-refractivity contribution is 0.346. The second-order valence-corrected chi connectivity index (χ2v) is 9.53. The van der Waals surface area contributed by atoms with Crippen LogP contribution in [0.5, 0.6) is 11.5 Å². The average molecular weight is 424 g/mol. The molecule has 1 saturated heterocycles. The van der Waals surface area contributed by atoms with Gasteiger partial charge in [0.1, 0.15) is 11.5 Å². The molecule has 30 heavy (non-hydrogen) atoms. The number of phenols is 2. The topological polar surface area (TPSA) is 77.8 Å². The van der Waals surface area contributed by atoms with Gasteiger partial charge in [-0.05, 0) is 59.9 Å². The zero-order chi connectivity index (χ0) is 21.1. The van der Waals surface area contributed by atoms with Crippen LogP contribution in [0.1, 0.15) is 41.9 Å². The Kier molecular flexibility index (Phi) is 5.79. The molecule has 156 valence electrons. The van der Waals surface area contributed by atoms with Gasteiger partial charge in [-0.15, -0.1) is 0 Å². The predicted molar refractivity (Wildman–Crippen MR) is 116 cm³/mol. The quantitative estimate of drug-likeness (QED) is 0.594. The predicted octanol–water partition coefficient (Wildman–Crippen LogP) is 4.45. The molecule has 1 fully saturated rings. The molecule has 0 atom stereocenters. The number of sulfonamides is 1. The minimum atomic E-state index is -3.64. The summed E-state index contributed by atoms with van der Waals surface area (Å²) in [5.74, 6) is -0.0585. The second-order valence-electron chi connectivity index (χ2n) is 7.62. The molecule has 0 unspecified atom stereocenters. The van der Waals surface area contributed by atoms with Crippen LogP contribution in [0.15, 0.2) is 77.7 Å². The third-order valence-corrected chi connectivity index (χ3v) is 7.59. The number of rotatable bonds is 5. The van der Waals surface area contributed by atoms with Gasteiger partial charge in [-0.1, -0.05) is 48.9 Å². The number of phenolic OH excluding ortho intramolecular Hbond substituents is 2. The van der Waals surface area contributed by atoms with Crippen LogP contribution < -0.4 is 0 Å². The van der Waals surface area contributed by atoms with Crippen LogP contribution in [0.4, 0.5) is 0 Å². The van der Waals surface area contributed by atoms with Crippen molar-refractivity contribution in [1.82, 2.24) is 4.31 Å². The molecule has 4 rings (SSSR count). The van der Waals surface area contributed by atoms with E-state index in [1.807, 2.05) is 12.1 Å². The minimum absolute atomic E-state index is 0.150. The minimum Gasteiger partial charge on any atom is -0.508 e. The fourth-order valence-electron chi connectivity index (χ4n) is 4.08. The van der Waals surface area contributed by atoms with E-state index in [0.717, 1.165) is 30.4 Å². The smallest absolute Gasteiger partial charge is 0.243 e. The Labute approximate surface area is 177 Å². The van der Waals surface area contributed by atoms with Crippen molar-refractivity contribution < 1.29 is 18.6 Å². The molecular formula is C24H25NO4S. The Hall–Kier alpha value is -2.83. The molecule has 0 amide bonds. The molecule has 0 radical (unpaired) electrons. The van der Waals surface area contributed by atoms with Crippen LogP contribution >= 0.6 is 0 Å². The summed E-state index contributed by atoms with van der Waals surface area (Å²) >= 11 is 0. The molecule has 1 aliphatic rings. The van der Waals surface area contributed by atoms with Crippen LogP contribution in [0, 0.1) is 0 Å². The van der Waals surface area contributed by atoms with Gasteiger partial charge in [0.25, 0.3) is 0 Å². The van der Waals surface area contributed by atoms with Gasteiger partial charge in [0.2, 0.25) is 10.0 Å². The summed E-state index contributed by atoms with van der Waals surface area (Å²) < 4.78 is 28.6. The average Bonchev–Trinajstić information content (AvgIpc) is 2.77. The van der Waals surface area contributed by atoms with Crippen molar-refractivity contribution in [1.29, 1.82) is 0 Å². The summed E-state index contributed by atoms with van der Waals surface area (Å²) in [6.07, 6.45) is 2.80. The van der Waals surface area contributed by atoms with Crippen LogP contribution in [-0.2, 0) is 10.0 Å². The maximum Gasteiger partial charge on any atom is 0.243 e. The zero-order valence-electron chi connectivity index (χ0n) is 16.6. The van der Waals surface area contributed by atoms with Crippen molar-refractivity contribution in [2.75, 3.05) is 13.1 Å². The molecule has 0 spiro atoms. The normalized spacial score (nSPS) is 15.4. The highest BCUT2D eigenvalue weighted by atomic mass is 32.2. The van der Waals surface area contributed by atoms with E-state index in [1.165, 1.54) is 0 Å². The van der Waals surface area contributed by atoms with Crippen LogP contribution in [0.25, 0.3) is 0 Å². The van der Waals surface area contributed by atoms with Crippen molar-refractivity contribution in [3.8, 4) is 11.5 Å². The summed E-state index contributed by atoms with van der Waals surface area (Å²) in [6.45, 7) is 1.08. The molecule has 0 bridgehead atoms. The van der Waals surface area contributed by atoms with Gasteiger partial charge in [0.15, 0.2) is 0 Å². The summed E-state index contributed by atoms with van der Waals surface area (Å²) in [5, 5.41) is 19.5. The van der Waals surface area contributed by atoms with Gasteiger partial charge in [0.05, 0.1) is 4.90 Å². The summed E-state index contributed by atoms with van der Waals surface area (Å²) in [7, 11) is -3.64. The van der Waals surface area contributed by atoms with E-state index in [0.29, 0.717) is 23.5 Å². The molecule has 0 aliphatic carbocycles. The molecule has 2 N–H and O–H groups in total. The van der Waals surface area contributed by atoms with Crippen molar-refractivity contribution in [3.63, 3.8) is 0 Å². The molecule has 1 aliphatic heterocycles. The third-order valence-electron chi connectivity index (χ3n) is 5.62. The van der Waals surface area contributed by atoms with Crippen LogP contribution in [0.3, 0.4) is 0 Å². The second kappa shape index (κ2) is 8.50. The lowest BCUT2D eigenvalue weighted by atomic mass is 9.85. The van der Waals surface area contributed by atoms with Gasteiger partial charge in [-0.3, -0.25) is 0 Å². The highest BCUT2D eigenvalue weighted by Gasteiger charge is 2.31. The number of piperidine rings is 1. The zero-order valence-corrected chi connectivity index (χ0v) is 17.4. The van der Waals surface area contributed by atoms with Gasteiger partial charge >= 0.3 is 0 Å². The third kappa shape index (κ3) is 4.06. The molecule has 3 aromatic carbocycles. The standard InChI is InChI=1S/C24H25NO4S/c26-20-12-8-18(9-13-20)24(19-10-14-21(27)15-11-19)22-6-2-3-7-23(22)30(28,29)25-16-4-1-5-17-25/h2-3,6-15,24,26-27H,1,4-5,16-17H2. The first-order valence-corrected chi connectivity index (χ1v) is 11.6. The highest BCUT2D eigenvalue weighted by molar-refractivity contribution is 7.89. The summed E-state index contributed by atoms with van der Waals surface area (Å²) in [5.41, 5.74) is 2.40. The van der Waals surface area contributed by atoms with E-state index in [-0.39, 0.29) is 17.4 Å². The SMILES string of the molecule is O=S(=O)(c1ccccc1C(c1ccc(O)cc1)c1ccc(O)cc1)N1CCCCC1. The Morgan fingerprint density at radius 1 is 0.700 bits per heavy atom. The first kappa shape index (κ1) is 20.4. The van der Waals surface area contributed by atoms with Crippen molar-refractivity contribution >= 4 is 10.0 Å². The number of benzene rings is 3. The molecule has 3 aromatic rings. The number of aromatic hydroxyl groups is 2. The number of hydrogen-bond donors (Lipinski definition) is 2. The fraction of sp³-hybridized carbons (Fsp3) is 0.250. The molecule has 1 heterocycles.